The second-order valence-corrected chi connectivity index (χ2v) is 5.32. The van der Waals surface area contributed by atoms with Gasteiger partial charge in [-0.25, -0.2) is 4.79 Å². The highest BCUT2D eigenvalue weighted by Crippen LogP contribution is 2.24. The van der Waals surface area contributed by atoms with Crippen molar-refractivity contribution in [2.45, 2.75) is 0 Å². The van der Waals surface area contributed by atoms with Gasteiger partial charge >= 0.3 is 5.97 Å². The van der Waals surface area contributed by atoms with Crippen molar-refractivity contribution in [1.29, 1.82) is 0 Å². The van der Waals surface area contributed by atoms with Crippen molar-refractivity contribution in [2.24, 2.45) is 11.6 Å². The Hall–Kier alpha value is -2.44. The molecule has 0 bridgehead atoms. The second-order valence-electron chi connectivity index (χ2n) is 4.88. The van der Waals surface area contributed by atoms with Crippen LogP contribution in [0, 0.1) is 0 Å². The predicted molar refractivity (Wildman–Crippen MR) is 88.4 cm³/mol. The number of anilines is 1. The number of nitrogens with zero attached hydrogens (tertiary/aromatic N) is 1. The van der Waals surface area contributed by atoms with Gasteiger partial charge in [0.1, 0.15) is 0 Å². The van der Waals surface area contributed by atoms with Crippen molar-refractivity contribution in [1.82, 2.24) is 5.43 Å². The molecule has 6 nitrogen and oxygen atoms in total. The van der Waals surface area contributed by atoms with Crippen molar-refractivity contribution in [3.63, 3.8) is 0 Å². The van der Waals surface area contributed by atoms with E-state index in [9.17, 15) is 4.79 Å². The molecular weight excluding hydrogens is 304 g/mol. The van der Waals surface area contributed by atoms with Crippen LogP contribution in [0.4, 0.5) is 5.69 Å². The molecule has 0 heterocycles. The summed E-state index contributed by atoms with van der Waals surface area (Å²) in [5, 5.41) is 11.7. The summed E-state index contributed by atoms with van der Waals surface area (Å²) in [7, 11) is 1.82. The van der Waals surface area contributed by atoms with Gasteiger partial charge in [0, 0.05) is 17.8 Å². The Bertz CT molecular complexity index is 745. The Morgan fingerprint density at radius 1 is 1.27 bits per heavy atom. The minimum absolute atomic E-state index is 0.147. The van der Waals surface area contributed by atoms with Gasteiger partial charge in [-0.05, 0) is 35.0 Å². The number of rotatable bonds is 5. The van der Waals surface area contributed by atoms with Gasteiger partial charge in [0.15, 0.2) is 5.70 Å². The van der Waals surface area contributed by atoms with E-state index in [2.05, 4.69) is 5.43 Å². The van der Waals surface area contributed by atoms with Crippen LogP contribution in [0.25, 0.3) is 10.8 Å². The highest BCUT2D eigenvalue weighted by molar-refractivity contribution is 6.31. The summed E-state index contributed by atoms with van der Waals surface area (Å²) in [5.74, 6) is 3.98. The van der Waals surface area contributed by atoms with E-state index in [4.69, 9.17) is 28.3 Å². The zero-order valence-electron chi connectivity index (χ0n) is 12.0. The summed E-state index contributed by atoms with van der Waals surface area (Å²) in [6.45, 7) is 0.227. The quantitative estimate of drug-likeness (QED) is 0.379. The maximum Gasteiger partial charge on any atom is 0.355 e. The van der Waals surface area contributed by atoms with Crippen LogP contribution >= 0.6 is 11.6 Å². The number of hydrogen-bond acceptors (Lipinski definition) is 5. The summed E-state index contributed by atoms with van der Waals surface area (Å²) < 4.78 is 0. The van der Waals surface area contributed by atoms with Gasteiger partial charge in [0.05, 0.1) is 12.2 Å². The first-order valence-corrected chi connectivity index (χ1v) is 6.89. The fourth-order valence-electron chi connectivity index (χ4n) is 2.16. The third-order valence-electron chi connectivity index (χ3n) is 3.31. The molecule has 0 fully saturated rings. The van der Waals surface area contributed by atoms with E-state index in [1.54, 1.807) is 0 Å². The lowest BCUT2D eigenvalue weighted by Crippen LogP contribution is -2.34. The highest BCUT2D eigenvalue weighted by atomic mass is 35.5. The molecule has 6 N–H and O–H groups in total. The van der Waals surface area contributed by atoms with Crippen LogP contribution in [0.5, 0.6) is 0 Å². The molecule has 0 saturated carbocycles. The number of carboxylic acid groups (broad SMARTS) is 1. The molecule has 0 atom stereocenters. The summed E-state index contributed by atoms with van der Waals surface area (Å²) >= 11 is 5.96. The first-order valence-electron chi connectivity index (χ1n) is 6.51. The fraction of sp³-hybridized carbons (Fsp3) is 0.133. The second kappa shape index (κ2) is 6.55. The summed E-state index contributed by atoms with van der Waals surface area (Å²) in [6, 6.07) is 11.5. The Kier molecular flexibility index (Phi) is 4.75. The van der Waals surface area contributed by atoms with E-state index in [-0.39, 0.29) is 17.9 Å². The number of nitrogens with one attached hydrogen (secondary N) is 1. The van der Waals surface area contributed by atoms with E-state index in [1.807, 2.05) is 48.3 Å². The molecule has 0 amide bonds. The lowest BCUT2D eigenvalue weighted by molar-refractivity contribution is -0.133. The third-order valence-corrected chi connectivity index (χ3v) is 3.55. The molecule has 2 aromatic rings. The van der Waals surface area contributed by atoms with Gasteiger partial charge in [0.2, 0.25) is 0 Å². The van der Waals surface area contributed by atoms with Gasteiger partial charge in [-0.1, -0.05) is 23.7 Å². The molecule has 116 valence electrons. The van der Waals surface area contributed by atoms with Gasteiger partial charge in [-0.2, -0.15) is 0 Å². The first kappa shape index (κ1) is 15.9. The number of benzene rings is 2. The number of hydrazine groups is 1. The Balaban J connectivity index is 2.28. The predicted octanol–water partition coefficient (Wildman–Crippen LogP) is 1.65. The zero-order valence-corrected chi connectivity index (χ0v) is 12.8. The molecule has 0 aliphatic heterocycles. The normalized spacial score (nSPS) is 12.0. The van der Waals surface area contributed by atoms with Crippen LogP contribution in [0.3, 0.4) is 0 Å². The van der Waals surface area contributed by atoms with Crippen LogP contribution in [-0.4, -0.2) is 24.7 Å². The molecule has 7 heteroatoms. The average molecular weight is 321 g/mol. The van der Waals surface area contributed by atoms with E-state index >= 15 is 0 Å². The Morgan fingerprint density at radius 3 is 2.55 bits per heavy atom. The van der Waals surface area contributed by atoms with E-state index < -0.39 is 5.97 Å². The Labute approximate surface area is 132 Å². The van der Waals surface area contributed by atoms with E-state index in [0.29, 0.717) is 5.02 Å². The van der Waals surface area contributed by atoms with Gasteiger partial charge in [-0.3, -0.25) is 5.84 Å². The van der Waals surface area contributed by atoms with Crippen LogP contribution < -0.4 is 21.9 Å². The molecule has 0 unspecified atom stereocenters. The number of carbonyl (C=O) groups is 1. The molecule has 0 spiro atoms. The van der Waals surface area contributed by atoms with Crippen molar-refractivity contribution < 1.29 is 9.90 Å². The van der Waals surface area contributed by atoms with Crippen LogP contribution in [-0.2, 0) is 4.79 Å². The Morgan fingerprint density at radius 2 is 1.91 bits per heavy atom. The van der Waals surface area contributed by atoms with Gasteiger partial charge in [-0.15, -0.1) is 0 Å². The summed E-state index contributed by atoms with van der Waals surface area (Å²) in [6.07, 6.45) is 0. The molecule has 0 aliphatic rings. The fourth-order valence-corrected chi connectivity index (χ4v) is 2.34. The SMILES string of the molecule is CN(C/C(N)=C(/NN)C(=O)O)c1ccc2cc(Cl)ccc2c1. The topological polar surface area (TPSA) is 105 Å². The number of halogens is 1. The molecule has 2 aromatic carbocycles. The molecule has 0 aromatic heterocycles. The van der Waals surface area contributed by atoms with Crippen LogP contribution in [0.15, 0.2) is 47.8 Å². The molecular formula is C15H17ClN4O2. The number of likely N-dealkylation sites (N-methyl/N-ethyl adjacent to an activating group) is 1. The van der Waals surface area contributed by atoms with Crippen LogP contribution in [0.1, 0.15) is 0 Å². The minimum atomic E-state index is -1.19. The monoisotopic (exact) mass is 320 g/mol. The summed E-state index contributed by atoms with van der Waals surface area (Å²) in [4.78, 5) is 12.8. The molecule has 0 aliphatic carbocycles. The van der Waals surface area contributed by atoms with E-state index in [1.165, 1.54) is 0 Å². The minimum Gasteiger partial charge on any atom is -0.476 e. The maximum atomic E-state index is 11.0. The molecule has 0 saturated heterocycles. The highest BCUT2D eigenvalue weighted by Gasteiger charge is 2.13. The van der Waals surface area contributed by atoms with E-state index in [0.717, 1.165) is 16.5 Å². The first-order chi connectivity index (χ1) is 10.4. The van der Waals surface area contributed by atoms with Crippen molar-refractivity contribution in [3.8, 4) is 0 Å². The van der Waals surface area contributed by atoms with Crippen molar-refractivity contribution >= 4 is 34.0 Å². The summed E-state index contributed by atoms with van der Waals surface area (Å²) in [5.41, 5.74) is 8.75. The smallest absolute Gasteiger partial charge is 0.355 e. The lowest BCUT2D eigenvalue weighted by Gasteiger charge is -2.21. The third kappa shape index (κ3) is 3.41. The average Bonchev–Trinajstić information content (AvgIpc) is 2.46. The van der Waals surface area contributed by atoms with Crippen molar-refractivity contribution in [3.05, 3.63) is 52.8 Å². The van der Waals surface area contributed by atoms with Gasteiger partial charge in [0.25, 0.3) is 0 Å². The standard InChI is InChI=1S/C15H17ClN4O2/c1-20(8-13(17)14(19-18)15(21)22)12-5-3-9-6-11(16)4-2-10(9)7-12/h2-7,19H,8,17-18H2,1H3,(H,21,22)/b14-13-. The number of carboxylic acids is 1. The molecule has 0 radical (unpaired) electrons. The largest absolute Gasteiger partial charge is 0.476 e. The number of hydrogen-bond donors (Lipinski definition) is 4. The van der Waals surface area contributed by atoms with Crippen molar-refractivity contribution in [2.75, 3.05) is 18.5 Å². The van der Waals surface area contributed by atoms with Crippen LogP contribution in [0.2, 0.25) is 5.02 Å². The van der Waals surface area contributed by atoms with Gasteiger partial charge < -0.3 is 21.2 Å². The maximum absolute atomic E-state index is 11.0. The zero-order chi connectivity index (χ0) is 16.3. The molecule has 2 rings (SSSR count). The number of fused-ring (bicyclic) bond motifs is 1. The lowest BCUT2D eigenvalue weighted by atomic mass is 10.1. The number of nitrogens with two attached hydrogens (primary N) is 2. The molecule has 22 heavy (non-hydrogen) atoms. The number of aliphatic carboxylic acids is 1.